The summed E-state index contributed by atoms with van der Waals surface area (Å²) in [6, 6.07) is 11.8. The molecular weight excluding hydrogens is 431 g/mol. The van der Waals surface area contributed by atoms with Crippen LogP contribution in [0.5, 0.6) is 5.75 Å². The number of piperidine rings is 1. The van der Waals surface area contributed by atoms with Crippen LogP contribution in [-0.4, -0.2) is 54.6 Å². The molecule has 2 aromatic rings. The third kappa shape index (κ3) is 5.70. The zero-order valence-electron chi connectivity index (χ0n) is 16.5. The van der Waals surface area contributed by atoms with Crippen molar-refractivity contribution in [1.82, 2.24) is 9.79 Å². The van der Waals surface area contributed by atoms with Gasteiger partial charge in [-0.05, 0) is 54.8 Å². The number of rotatable bonds is 7. The molecule has 0 bridgehead atoms. The normalized spacial score (nSPS) is 19.6. The van der Waals surface area contributed by atoms with Crippen LogP contribution in [0.4, 0.5) is 9.18 Å². The number of hydrogen-bond donors (Lipinski definition) is 3. The van der Waals surface area contributed by atoms with Crippen LogP contribution in [0.1, 0.15) is 18.4 Å². The van der Waals surface area contributed by atoms with Crippen molar-refractivity contribution in [3.05, 3.63) is 59.9 Å². The van der Waals surface area contributed by atoms with Crippen molar-refractivity contribution < 1.29 is 37.4 Å². The van der Waals surface area contributed by atoms with Crippen LogP contribution in [0, 0.1) is 5.82 Å². The van der Waals surface area contributed by atoms with E-state index < -0.39 is 28.4 Å². The SMILES string of the molecule is O=C(NO)O[C@@H]1[C@@H](O)CCCN1S(=O)(=O)c1ccc(OCCc2ccc(F)cc2)cc1. The Morgan fingerprint density at radius 3 is 2.48 bits per heavy atom. The summed E-state index contributed by atoms with van der Waals surface area (Å²) >= 11 is 0. The van der Waals surface area contributed by atoms with Crippen molar-refractivity contribution in [2.45, 2.75) is 36.5 Å². The number of carbonyl (C=O) groups is 1. The second-order valence-electron chi connectivity index (χ2n) is 6.93. The first-order valence-corrected chi connectivity index (χ1v) is 11.0. The molecule has 2 atom stereocenters. The molecule has 1 heterocycles. The number of ether oxygens (including phenoxy) is 2. The number of aliphatic hydroxyl groups excluding tert-OH is 1. The minimum Gasteiger partial charge on any atom is -0.493 e. The Labute approximate surface area is 179 Å². The zero-order chi connectivity index (χ0) is 22.4. The topological polar surface area (TPSA) is 125 Å². The molecule has 2 aromatic carbocycles. The van der Waals surface area contributed by atoms with E-state index in [1.54, 1.807) is 12.1 Å². The highest BCUT2D eigenvalue weighted by Crippen LogP contribution is 2.27. The van der Waals surface area contributed by atoms with E-state index in [4.69, 9.17) is 14.7 Å². The fourth-order valence-electron chi connectivity index (χ4n) is 3.23. The first-order chi connectivity index (χ1) is 14.8. The maximum absolute atomic E-state index is 13.0. The van der Waals surface area contributed by atoms with Crippen molar-refractivity contribution in [3.63, 3.8) is 0 Å². The van der Waals surface area contributed by atoms with Crippen LogP contribution in [0.15, 0.2) is 53.4 Å². The average Bonchev–Trinajstić information content (AvgIpc) is 2.76. The Kier molecular flexibility index (Phi) is 7.44. The van der Waals surface area contributed by atoms with Crippen LogP contribution in [0.25, 0.3) is 0 Å². The lowest BCUT2D eigenvalue weighted by Crippen LogP contribution is -2.53. The Morgan fingerprint density at radius 1 is 1.16 bits per heavy atom. The molecule has 11 heteroatoms. The minimum atomic E-state index is -4.09. The van der Waals surface area contributed by atoms with E-state index in [9.17, 15) is 22.7 Å². The van der Waals surface area contributed by atoms with E-state index in [1.807, 2.05) is 0 Å². The molecule has 31 heavy (non-hydrogen) atoms. The molecule has 0 unspecified atom stereocenters. The molecule has 3 N–H and O–H groups in total. The Balaban J connectivity index is 1.66. The van der Waals surface area contributed by atoms with Gasteiger partial charge in [0.15, 0.2) is 6.23 Å². The highest BCUT2D eigenvalue weighted by atomic mass is 32.2. The number of nitrogens with zero attached hydrogens (tertiary/aromatic N) is 1. The summed E-state index contributed by atoms with van der Waals surface area (Å²) in [4.78, 5) is 11.3. The number of sulfonamides is 1. The Hall–Kier alpha value is -2.73. The standard InChI is InChI=1S/C20H23FN2O7S/c21-15-5-3-14(4-6-15)11-13-29-16-7-9-17(10-8-16)31(27,28)23-12-1-2-18(24)19(23)30-20(25)22-26/h3-10,18-19,24,26H,1-2,11-13H2,(H,22,25)/t18-,19+/m0/s1. The maximum atomic E-state index is 13.0. The first kappa shape index (κ1) is 22.9. The fraction of sp³-hybridized carbons (Fsp3) is 0.350. The molecule has 1 fully saturated rings. The highest BCUT2D eigenvalue weighted by Gasteiger charge is 2.41. The number of aliphatic hydroxyl groups is 1. The van der Waals surface area contributed by atoms with E-state index in [-0.39, 0.29) is 23.7 Å². The van der Waals surface area contributed by atoms with Crippen LogP contribution >= 0.6 is 0 Å². The molecule has 1 saturated heterocycles. The van der Waals surface area contributed by atoms with Crippen LogP contribution in [-0.2, 0) is 21.2 Å². The molecule has 0 spiro atoms. The van der Waals surface area contributed by atoms with Gasteiger partial charge in [-0.15, -0.1) is 0 Å². The second-order valence-corrected chi connectivity index (χ2v) is 8.82. The molecule has 1 aliphatic rings. The molecule has 3 rings (SSSR count). The predicted molar refractivity (Wildman–Crippen MR) is 106 cm³/mol. The van der Waals surface area contributed by atoms with Gasteiger partial charge in [-0.1, -0.05) is 12.1 Å². The number of nitrogens with one attached hydrogen (secondary N) is 1. The first-order valence-electron chi connectivity index (χ1n) is 9.59. The van der Waals surface area contributed by atoms with Crippen molar-refractivity contribution in [2.75, 3.05) is 13.2 Å². The summed E-state index contributed by atoms with van der Waals surface area (Å²) in [7, 11) is -4.09. The molecular formula is C20H23FN2O7S. The van der Waals surface area contributed by atoms with Gasteiger partial charge < -0.3 is 14.6 Å². The van der Waals surface area contributed by atoms with Gasteiger partial charge in [0, 0.05) is 13.0 Å². The third-order valence-corrected chi connectivity index (χ3v) is 6.69. The molecule has 0 aromatic heterocycles. The second kappa shape index (κ2) is 10.1. The number of amides is 1. The summed E-state index contributed by atoms with van der Waals surface area (Å²) in [5.74, 6) is 0.138. The maximum Gasteiger partial charge on any atom is 0.432 e. The molecule has 0 aliphatic carbocycles. The predicted octanol–water partition coefficient (Wildman–Crippen LogP) is 2.03. The summed E-state index contributed by atoms with van der Waals surface area (Å²) < 4.78 is 50.3. The van der Waals surface area contributed by atoms with Gasteiger partial charge in [0.25, 0.3) is 0 Å². The molecule has 9 nitrogen and oxygen atoms in total. The van der Waals surface area contributed by atoms with Gasteiger partial charge >= 0.3 is 6.09 Å². The smallest absolute Gasteiger partial charge is 0.432 e. The summed E-state index contributed by atoms with van der Waals surface area (Å²) in [5.41, 5.74) is 2.16. The Bertz CT molecular complexity index is 984. The quantitative estimate of drug-likeness (QED) is 0.432. The molecule has 1 amide bonds. The van der Waals surface area contributed by atoms with Crippen molar-refractivity contribution in [2.24, 2.45) is 0 Å². The third-order valence-electron chi connectivity index (χ3n) is 4.81. The largest absolute Gasteiger partial charge is 0.493 e. The number of hydroxylamine groups is 1. The van der Waals surface area contributed by atoms with Gasteiger partial charge in [-0.2, -0.15) is 4.31 Å². The van der Waals surface area contributed by atoms with Crippen LogP contribution in [0.2, 0.25) is 0 Å². The van der Waals surface area contributed by atoms with Gasteiger partial charge in [0.2, 0.25) is 10.0 Å². The van der Waals surface area contributed by atoms with E-state index in [0.29, 0.717) is 25.2 Å². The number of benzene rings is 2. The fourth-order valence-corrected chi connectivity index (χ4v) is 4.81. The summed E-state index contributed by atoms with van der Waals surface area (Å²) in [5, 5.41) is 18.8. The lowest BCUT2D eigenvalue weighted by atomic mass is 10.1. The molecule has 168 valence electrons. The van der Waals surface area contributed by atoms with Crippen LogP contribution < -0.4 is 10.2 Å². The molecule has 0 saturated carbocycles. The minimum absolute atomic E-state index is 0.0404. The van der Waals surface area contributed by atoms with Gasteiger partial charge in [0.05, 0.1) is 11.5 Å². The number of carbonyl (C=O) groups excluding carboxylic acids is 1. The van der Waals surface area contributed by atoms with E-state index in [1.165, 1.54) is 41.9 Å². The lowest BCUT2D eigenvalue weighted by Gasteiger charge is -2.36. The monoisotopic (exact) mass is 454 g/mol. The van der Waals surface area contributed by atoms with Crippen molar-refractivity contribution in [1.29, 1.82) is 0 Å². The van der Waals surface area contributed by atoms with Gasteiger partial charge in [-0.3, -0.25) is 5.21 Å². The summed E-state index contributed by atoms with van der Waals surface area (Å²) in [6.07, 6.45) is -2.77. The lowest BCUT2D eigenvalue weighted by molar-refractivity contribution is -0.0837. The van der Waals surface area contributed by atoms with E-state index >= 15 is 0 Å². The van der Waals surface area contributed by atoms with Gasteiger partial charge in [0.1, 0.15) is 17.7 Å². The average molecular weight is 454 g/mol. The zero-order valence-corrected chi connectivity index (χ0v) is 17.3. The Morgan fingerprint density at radius 2 is 1.84 bits per heavy atom. The molecule has 0 radical (unpaired) electrons. The highest BCUT2D eigenvalue weighted by molar-refractivity contribution is 7.89. The number of hydrogen-bond acceptors (Lipinski definition) is 7. The van der Waals surface area contributed by atoms with E-state index in [2.05, 4.69) is 0 Å². The van der Waals surface area contributed by atoms with Gasteiger partial charge in [-0.25, -0.2) is 23.1 Å². The van der Waals surface area contributed by atoms with Crippen molar-refractivity contribution in [3.8, 4) is 5.75 Å². The van der Waals surface area contributed by atoms with E-state index in [0.717, 1.165) is 9.87 Å². The van der Waals surface area contributed by atoms with Crippen molar-refractivity contribution >= 4 is 16.1 Å². The van der Waals surface area contributed by atoms with Crippen LogP contribution in [0.3, 0.4) is 0 Å². The molecule has 1 aliphatic heterocycles. The number of halogens is 1. The summed E-state index contributed by atoms with van der Waals surface area (Å²) in [6.45, 7) is 0.362.